The minimum Gasteiger partial charge on any atom is -0.496 e. The number of aliphatic carboxylic acids is 1. The van der Waals surface area contributed by atoms with Gasteiger partial charge in [0.1, 0.15) is 11.6 Å². The molecule has 1 heterocycles. The van der Waals surface area contributed by atoms with E-state index in [2.05, 4.69) is 6.58 Å². The monoisotopic (exact) mass is 531 g/mol. The van der Waals surface area contributed by atoms with Gasteiger partial charge >= 0.3 is 5.97 Å². The summed E-state index contributed by atoms with van der Waals surface area (Å²) in [6.45, 7) is 4.34. The molecule has 4 atom stereocenters. The van der Waals surface area contributed by atoms with Crippen molar-refractivity contribution in [3.63, 3.8) is 0 Å². The van der Waals surface area contributed by atoms with Gasteiger partial charge in [0.15, 0.2) is 0 Å². The fourth-order valence-electron chi connectivity index (χ4n) is 7.58. The summed E-state index contributed by atoms with van der Waals surface area (Å²) < 4.78 is 20.3. The van der Waals surface area contributed by atoms with Crippen LogP contribution in [-0.4, -0.2) is 42.1 Å². The molecule has 4 aliphatic rings. The van der Waals surface area contributed by atoms with E-state index in [0.717, 1.165) is 11.1 Å². The number of carboxylic acids is 1. The highest BCUT2D eigenvalue weighted by Crippen LogP contribution is 2.69. The van der Waals surface area contributed by atoms with Gasteiger partial charge in [-0.3, -0.25) is 9.59 Å². The normalized spacial score (nSPS) is 27.0. The molecule has 1 N–H and O–H groups in total. The lowest BCUT2D eigenvalue weighted by Gasteiger charge is -2.59. The largest absolute Gasteiger partial charge is 0.496 e. The molecule has 194 valence electrons. The molecule has 1 saturated heterocycles. The molecule has 1 amide bonds. The highest BCUT2D eigenvalue weighted by Gasteiger charge is 2.71. The molecule has 7 heteroatoms. The van der Waals surface area contributed by atoms with Gasteiger partial charge in [-0.15, -0.1) is 0 Å². The smallest absolute Gasteiger partial charge is 0.312 e. The lowest BCUT2D eigenvalue weighted by atomic mass is 9.42. The number of halogens is 2. The predicted molar refractivity (Wildman–Crippen MR) is 143 cm³/mol. The predicted octanol–water partition coefficient (Wildman–Crippen LogP) is 5.91. The fraction of sp³-hybridized carbons (Fsp3) is 0.290. The maximum Gasteiger partial charge on any atom is 0.312 e. The Bertz CT molecular complexity index is 1500. The van der Waals surface area contributed by atoms with Crippen molar-refractivity contribution in [2.45, 2.75) is 24.2 Å². The number of likely N-dealkylation sites (tertiary alicyclic amines) is 1. The number of nitrogens with zero attached hydrogens (tertiary/aromatic N) is 1. The molecule has 7 rings (SSSR count). The Labute approximate surface area is 225 Å². The number of para-hydroxylation sites is 1. The van der Waals surface area contributed by atoms with Gasteiger partial charge in [-0.1, -0.05) is 66.7 Å². The number of amides is 1. The van der Waals surface area contributed by atoms with Crippen LogP contribution in [0.1, 0.15) is 41.0 Å². The molecule has 3 aromatic carbocycles. The van der Waals surface area contributed by atoms with Crippen molar-refractivity contribution in [1.82, 2.24) is 4.90 Å². The average Bonchev–Trinajstić information content (AvgIpc) is 3.38. The Morgan fingerprint density at radius 2 is 1.87 bits per heavy atom. The second-order valence-corrected chi connectivity index (χ2v) is 10.9. The Kier molecular flexibility index (Phi) is 5.65. The van der Waals surface area contributed by atoms with Gasteiger partial charge < -0.3 is 14.7 Å². The highest BCUT2D eigenvalue weighted by atomic mass is 35.5. The standard InChI is InChI=1S/C31H27ClFNO4/c1-18(20-7-4-6-10-26(20)38-2)28(35)34-16-27-30(19-11-12-24(32)25(33)15-19)14-13-23(31(27,17-34)29(36)37)21-8-3-5-9-22(21)30/h3-12,15,23,27H,1,13-14,16-17H2,2H3,(H,36,37). The lowest BCUT2D eigenvalue weighted by Crippen LogP contribution is -2.60. The van der Waals surface area contributed by atoms with Gasteiger partial charge in [-0.05, 0) is 47.7 Å². The van der Waals surface area contributed by atoms with Crippen LogP contribution < -0.4 is 4.74 Å². The molecule has 38 heavy (non-hydrogen) atoms. The van der Waals surface area contributed by atoms with E-state index in [9.17, 15) is 19.1 Å². The molecule has 1 saturated carbocycles. The summed E-state index contributed by atoms with van der Waals surface area (Å²) >= 11 is 6.05. The SMILES string of the molecule is C=C(C(=O)N1CC2C3(c4ccc(Cl)c(F)c4)CCC(c4ccccc43)C2(C(=O)O)C1)c1ccccc1OC. The third kappa shape index (κ3) is 3.16. The number of rotatable bonds is 5. The van der Waals surface area contributed by atoms with E-state index in [1.165, 1.54) is 19.2 Å². The van der Waals surface area contributed by atoms with Crippen LogP contribution >= 0.6 is 11.6 Å². The van der Waals surface area contributed by atoms with E-state index in [0.29, 0.717) is 29.7 Å². The summed E-state index contributed by atoms with van der Waals surface area (Å²) in [6, 6.07) is 19.8. The molecule has 5 nitrogen and oxygen atoms in total. The number of carboxylic acid groups (broad SMARTS) is 1. The molecule has 3 aromatic rings. The van der Waals surface area contributed by atoms with Crippen LogP contribution in [0.2, 0.25) is 5.02 Å². The topological polar surface area (TPSA) is 66.8 Å². The molecule has 2 fully saturated rings. The quantitative estimate of drug-likeness (QED) is 0.416. The van der Waals surface area contributed by atoms with Gasteiger partial charge in [0.05, 0.1) is 17.5 Å². The third-order valence-corrected chi connectivity index (χ3v) is 9.46. The highest BCUT2D eigenvalue weighted by molar-refractivity contribution is 6.30. The number of methoxy groups -OCH3 is 1. The van der Waals surface area contributed by atoms with Crippen LogP contribution in [0.15, 0.2) is 73.3 Å². The fourth-order valence-corrected chi connectivity index (χ4v) is 7.70. The van der Waals surface area contributed by atoms with Crippen molar-refractivity contribution in [2.24, 2.45) is 11.3 Å². The summed E-state index contributed by atoms with van der Waals surface area (Å²) in [5, 5.41) is 10.9. The maximum absolute atomic E-state index is 14.9. The van der Waals surface area contributed by atoms with Gasteiger partial charge in [-0.25, -0.2) is 4.39 Å². The first-order valence-corrected chi connectivity index (χ1v) is 13.0. The lowest BCUT2D eigenvalue weighted by molar-refractivity contribution is -0.157. The molecular formula is C31H27ClFNO4. The van der Waals surface area contributed by atoms with Crippen molar-refractivity contribution in [3.05, 3.63) is 106 Å². The number of benzene rings is 3. The summed E-state index contributed by atoms with van der Waals surface area (Å²) in [4.78, 5) is 28.8. The van der Waals surface area contributed by atoms with Gasteiger partial charge in [0.25, 0.3) is 5.91 Å². The van der Waals surface area contributed by atoms with E-state index in [4.69, 9.17) is 16.3 Å². The van der Waals surface area contributed by atoms with Crippen LogP contribution in [0.3, 0.4) is 0 Å². The van der Waals surface area contributed by atoms with Crippen molar-refractivity contribution >= 4 is 29.1 Å². The van der Waals surface area contributed by atoms with Crippen LogP contribution in [0.4, 0.5) is 4.39 Å². The van der Waals surface area contributed by atoms with Crippen molar-refractivity contribution in [1.29, 1.82) is 0 Å². The van der Waals surface area contributed by atoms with Crippen LogP contribution in [0.5, 0.6) is 5.75 Å². The molecule has 2 bridgehead atoms. The molecule has 0 radical (unpaired) electrons. The number of ether oxygens (including phenoxy) is 1. The van der Waals surface area contributed by atoms with Gasteiger partial charge in [0.2, 0.25) is 0 Å². The van der Waals surface area contributed by atoms with E-state index < -0.39 is 28.5 Å². The number of hydrogen-bond donors (Lipinski definition) is 1. The Balaban J connectivity index is 1.51. The molecule has 1 aliphatic heterocycles. The van der Waals surface area contributed by atoms with Crippen LogP contribution in [-0.2, 0) is 15.0 Å². The van der Waals surface area contributed by atoms with Crippen molar-refractivity contribution in [2.75, 3.05) is 20.2 Å². The first-order valence-electron chi connectivity index (χ1n) is 12.7. The first-order chi connectivity index (χ1) is 18.3. The molecule has 3 aliphatic carbocycles. The van der Waals surface area contributed by atoms with E-state index >= 15 is 0 Å². The zero-order chi connectivity index (χ0) is 26.8. The maximum atomic E-state index is 14.9. The molecule has 0 aromatic heterocycles. The minimum absolute atomic E-state index is 0.0174. The summed E-state index contributed by atoms with van der Waals surface area (Å²) in [7, 11) is 1.53. The van der Waals surface area contributed by atoms with E-state index in [1.807, 2.05) is 30.3 Å². The number of hydrogen-bond acceptors (Lipinski definition) is 3. The zero-order valence-electron chi connectivity index (χ0n) is 20.9. The van der Waals surface area contributed by atoms with E-state index in [1.54, 1.807) is 29.2 Å². The number of carbonyl (C=O) groups excluding carboxylic acids is 1. The van der Waals surface area contributed by atoms with Crippen LogP contribution in [0.25, 0.3) is 5.57 Å². The minimum atomic E-state index is -1.22. The zero-order valence-corrected chi connectivity index (χ0v) is 21.7. The summed E-state index contributed by atoms with van der Waals surface area (Å²) in [5.74, 6) is -2.01. The van der Waals surface area contributed by atoms with Crippen LogP contribution in [0, 0.1) is 17.2 Å². The Hall–Kier alpha value is -3.64. The average molecular weight is 532 g/mol. The third-order valence-electron chi connectivity index (χ3n) is 9.15. The summed E-state index contributed by atoms with van der Waals surface area (Å²) in [6.07, 6.45) is 1.28. The first kappa shape index (κ1) is 24.7. The van der Waals surface area contributed by atoms with Crippen molar-refractivity contribution in [3.8, 4) is 5.75 Å². The van der Waals surface area contributed by atoms with Gasteiger partial charge in [0, 0.05) is 41.5 Å². The number of carbonyl (C=O) groups is 2. The van der Waals surface area contributed by atoms with E-state index in [-0.39, 0.29) is 35.5 Å². The molecular weight excluding hydrogens is 505 g/mol. The second-order valence-electron chi connectivity index (χ2n) is 10.5. The Morgan fingerprint density at radius 3 is 2.61 bits per heavy atom. The Morgan fingerprint density at radius 1 is 1.13 bits per heavy atom. The number of fused-ring (bicyclic) bond motifs is 1. The van der Waals surface area contributed by atoms with Gasteiger partial charge in [-0.2, -0.15) is 0 Å². The summed E-state index contributed by atoms with van der Waals surface area (Å²) in [5.41, 5.74) is 1.48. The molecule has 4 unspecified atom stereocenters. The molecule has 0 spiro atoms. The van der Waals surface area contributed by atoms with Crippen molar-refractivity contribution < 1.29 is 23.8 Å². The second kappa shape index (κ2) is 8.70.